The first kappa shape index (κ1) is 10.1. The van der Waals surface area contributed by atoms with Crippen molar-refractivity contribution < 1.29 is 0 Å². The maximum Gasteiger partial charge on any atom is 0.147 e. The fourth-order valence-corrected chi connectivity index (χ4v) is 1.01. The molecule has 0 unspecified atom stereocenters. The van der Waals surface area contributed by atoms with E-state index in [1.165, 1.54) is 0 Å². The van der Waals surface area contributed by atoms with Gasteiger partial charge in [0.15, 0.2) is 0 Å². The molecule has 0 saturated carbocycles. The van der Waals surface area contributed by atoms with Crippen LogP contribution in [-0.4, -0.2) is 17.0 Å². The third-order valence-corrected chi connectivity index (χ3v) is 2.26. The monoisotopic (exact) mass is 179 g/mol. The van der Waals surface area contributed by atoms with Crippen molar-refractivity contribution in [2.75, 3.05) is 7.05 Å². The summed E-state index contributed by atoms with van der Waals surface area (Å²) in [7, 11) is 1.92. The van der Waals surface area contributed by atoms with Crippen molar-refractivity contribution in [3.05, 3.63) is 23.8 Å². The van der Waals surface area contributed by atoms with Gasteiger partial charge in [-0.2, -0.15) is 0 Å². The molecule has 0 bridgehead atoms. The molecule has 3 nitrogen and oxygen atoms in total. The Morgan fingerprint density at radius 3 is 2.69 bits per heavy atom. The van der Waals surface area contributed by atoms with Crippen LogP contribution in [0.3, 0.4) is 0 Å². The van der Waals surface area contributed by atoms with Crippen LogP contribution in [0.4, 0.5) is 0 Å². The Labute approximate surface area is 79.6 Å². The largest absolute Gasteiger partial charge is 0.308 e. The summed E-state index contributed by atoms with van der Waals surface area (Å²) in [6.07, 6.45) is 2.77. The van der Waals surface area contributed by atoms with E-state index >= 15 is 0 Å². The van der Waals surface area contributed by atoms with Crippen LogP contribution in [0.5, 0.6) is 0 Å². The van der Waals surface area contributed by atoms with Crippen LogP contribution in [0.1, 0.15) is 32.3 Å². The molecule has 0 aliphatic carbocycles. The van der Waals surface area contributed by atoms with Crippen molar-refractivity contribution >= 4 is 0 Å². The highest BCUT2D eigenvalue weighted by molar-refractivity contribution is 5.08. The van der Waals surface area contributed by atoms with Gasteiger partial charge in [-0.3, -0.25) is 0 Å². The zero-order valence-electron chi connectivity index (χ0n) is 8.76. The second-order valence-electron chi connectivity index (χ2n) is 3.60. The van der Waals surface area contributed by atoms with E-state index in [4.69, 9.17) is 0 Å². The van der Waals surface area contributed by atoms with Crippen molar-refractivity contribution in [2.45, 2.75) is 32.7 Å². The minimum Gasteiger partial charge on any atom is -0.308 e. The summed E-state index contributed by atoms with van der Waals surface area (Å²) in [4.78, 5) is 8.72. The molecule has 0 aromatic carbocycles. The first-order valence-electron chi connectivity index (χ1n) is 4.61. The molecule has 1 N–H and O–H groups in total. The van der Waals surface area contributed by atoms with Crippen LogP contribution in [0.2, 0.25) is 0 Å². The molecule has 72 valence electrons. The van der Waals surface area contributed by atoms with E-state index in [1.807, 2.05) is 19.3 Å². The van der Waals surface area contributed by atoms with Crippen molar-refractivity contribution in [1.29, 1.82) is 0 Å². The molecule has 0 fully saturated rings. The Hall–Kier alpha value is -0.960. The average Bonchev–Trinajstić information content (AvgIpc) is 2.18. The predicted octanol–water partition coefficient (Wildman–Crippen LogP) is 1.49. The number of nitrogens with zero attached hydrogens (tertiary/aromatic N) is 2. The van der Waals surface area contributed by atoms with E-state index in [0.29, 0.717) is 0 Å². The van der Waals surface area contributed by atoms with Gasteiger partial charge in [0.2, 0.25) is 0 Å². The lowest BCUT2D eigenvalue weighted by Crippen LogP contribution is -2.35. The highest BCUT2D eigenvalue weighted by Gasteiger charge is 2.20. The van der Waals surface area contributed by atoms with E-state index in [-0.39, 0.29) is 5.54 Å². The standard InChI is InChI=1S/C10H17N3/c1-5-8-6-7-12-9(13-8)10(2,3)11-4/h6-7,11H,5H2,1-4H3. The van der Waals surface area contributed by atoms with Gasteiger partial charge in [0.1, 0.15) is 5.82 Å². The van der Waals surface area contributed by atoms with Gasteiger partial charge in [-0.15, -0.1) is 0 Å². The van der Waals surface area contributed by atoms with Gasteiger partial charge in [-0.05, 0) is 33.4 Å². The van der Waals surface area contributed by atoms with E-state index in [1.54, 1.807) is 0 Å². The van der Waals surface area contributed by atoms with Crippen molar-refractivity contribution in [3.8, 4) is 0 Å². The van der Waals surface area contributed by atoms with Crippen LogP contribution < -0.4 is 5.32 Å². The van der Waals surface area contributed by atoms with Crippen molar-refractivity contribution in [3.63, 3.8) is 0 Å². The summed E-state index contributed by atoms with van der Waals surface area (Å²) in [5, 5.41) is 3.18. The van der Waals surface area contributed by atoms with Crippen LogP contribution >= 0.6 is 0 Å². The van der Waals surface area contributed by atoms with Crippen LogP contribution in [0.15, 0.2) is 12.3 Å². The number of nitrogens with one attached hydrogen (secondary N) is 1. The molecule has 1 aromatic rings. The molecule has 0 radical (unpaired) electrons. The molecule has 1 heterocycles. The van der Waals surface area contributed by atoms with E-state index in [9.17, 15) is 0 Å². The minimum atomic E-state index is -0.148. The van der Waals surface area contributed by atoms with Gasteiger partial charge in [-0.1, -0.05) is 6.92 Å². The lowest BCUT2D eigenvalue weighted by Gasteiger charge is -2.22. The molecule has 0 aliphatic heterocycles. The zero-order chi connectivity index (χ0) is 9.90. The Bertz CT molecular complexity index is 281. The van der Waals surface area contributed by atoms with Gasteiger partial charge in [-0.25, -0.2) is 9.97 Å². The predicted molar refractivity (Wildman–Crippen MR) is 53.5 cm³/mol. The first-order valence-corrected chi connectivity index (χ1v) is 4.61. The fraction of sp³-hybridized carbons (Fsp3) is 0.600. The summed E-state index contributed by atoms with van der Waals surface area (Å²) in [6.45, 7) is 6.24. The number of aromatic nitrogens is 2. The van der Waals surface area contributed by atoms with Gasteiger partial charge < -0.3 is 5.32 Å². The zero-order valence-corrected chi connectivity index (χ0v) is 8.76. The summed E-state index contributed by atoms with van der Waals surface area (Å²) in [5.74, 6) is 0.856. The quantitative estimate of drug-likeness (QED) is 0.764. The Morgan fingerprint density at radius 2 is 2.15 bits per heavy atom. The van der Waals surface area contributed by atoms with E-state index < -0.39 is 0 Å². The first-order chi connectivity index (χ1) is 6.10. The lowest BCUT2D eigenvalue weighted by atomic mass is 10.1. The van der Waals surface area contributed by atoms with E-state index in [2.05, 4.69) is 36.1 Å². The number of hydrogen-bond donors (Lipinski definition) is 1. The summed E-state index contributed by atoms with van der Waals surface area (Å²) < 4.78 is 0. The van der Waals surface area contributed by atoms with Crippen molar-refractivity contribution in [2.24, 2.45) is 0 Å². The lowest BCUT2D eigenvalue weighted by molar-refractivity contribution is 0.415. The maximum absolute atomic E-state index is 4.46. The molecule has 0 amide bonds. The second kappa shape index (κ2) is 3.83. The van der Waals surface area contributed by atoms with Gasteiger partial charge in [0, 0.05) is 11.9 Å². The highest BCUT2D eigenvalue weighted by Crippen LogP contribution is 2.14. The van der Waals surface area contributed by atoms with Crippen molar-refractivity contribution in [1.82, 2.24) is 15.3 Å². The summed E-state index contributed by atoms with van der Waals surface area (Å²) in [6, 6.07) is 1.95. The molecule has 1 aromatic heterocycles. The number of hydrogen-bond acceptors (Lipinski definition) is 3. The maximum atomic E-state index is 4.46. The van der Waals surface area contributed by atoms with Gasteiger partial charge >= 0.3 is 0 Å². The Balaban J connectivity index is 3.01. The molecular weight excluding hydrogens is 162 g/mol. The topological polar surface area (TPSA) is 37.8 Å². The third kappa shape index (κ3) is 2.25. The molecule has 0 spiro atoms. The smallest absolute Gasteiger partial charge is 0.147 e. The molecule has 13 heavy (non-hydrogen) atoms. The Kier molecular flexibility index (Phi) is 2.98. The van der Waals surface area contributed by atoms with Crippen LogP contribution in [0.25, 0.3) is 0 Å². The molecule has 0 aliphatic rings. The molecule has 0 atom stereocenters. The average molecular weight is 179 g/mol. The van der Waals surface area contributed by atoms with Gasteiger partial charge in [0.25, 0.3) is 0 Å². The summed E-state index contributed by atoms with van der Waals surface area (Å²) >= 11 is 0. The SMILES string of the molecule is CCc1ccnc(C(C)(C)NC)n1. The molecule has 0 saturated heterocycles. The van der Waals surface area contributed by atoms with Crippen LogP contribution in [0, 0.1) is 0 Å². The molecular formula is C10H17N3. The third-order valence-electron chi connectivity index (χ3n) is 2.26. The second-order valence-corrected chi connectivity index (χ2v) is 3.60. The summed E-state index contributed by atoms with van der Waals surface area (Å²) in [5.41, 5.74) is 0.943. The molecule has 3 heteroatoms. The Morgan fingerprint density at radius 1 is 1.46 bits per heavy atom. The van der Waals surface area contributed by atoms with E-state index in [0.717, 1.165) is 17.9 Å². The highest BCUT2D eigenvalue weighted by atomic mass is 15.0. The fourth-order valence-electron chi connectivity index (χ4n) is 1.01. The van der Waals surface area contributed by atoms with Crippen LogP contribution in [-0.2, 0) is 12.0 Å². The minimum absolute atomic E-state index is 0.148. The number of rotatable bonds is 3. The number of aryl methyl sites for hydroxylation is 1. The normalized spacial score (nSPS) is 11.7. The molecule has 1 rings (SSSR count). The van der Waals surface area contributed by atoms with Gasteiger partial charge in [0.05, 0.1) is 5.54 Å².